The molecule has 1 aliphatic rings. The molecule has 1 N–H and O–H groups in total. The number of nitrogens with zero attached hydrogens (tertiary/aromatic N) is 3. The van der Waals surface area contributed by atoms with Crippen molar-refractivity contribution in [3.05, 3.63) is 47.8 Å². The number of nitrogens with one attached hydrogen (secondary N) is 1. The van der Waals surface area contributed by atoms with Crippen LogP contribution >= 0.6 is 0 Å². The van der Waals surface area contributed by atoms with Gasteiger partial charge in [-0.25, -0.2) is 4.98 Å². The maximum Gasteiger partial charge on any atom is 0.0955 e. The van der Waals surface area contributed by atoms with Crippen molar-refractivity contribution < 1.29 is 0 Å². The first-order valence-corrected chi connectivity index (χ1v) is 5.56. The van der Waals surface area contributed by atoms with E-state index in [9.17, 15) is 0 Å². The Morgan fingerprint density at radius 2 is 2.19 bits per heavy atom. The molecule has 0 bridgehead atoms. The van der Waals surface area contributed by atoms with Gasteiger partial charge in [-0.15, -0.1) is 0 Å². The van der Waals surface area contributed by atoms with Crippen LogP contribution in [0.2, 0.25) is 0 Å². The molecule has 3 rings (SSSR count). The molecule has 82 valence electrons. The van der Waals surface area contributed by atoms with Crippen LogP contribution in [-0.4, -0.2) is 21.1 Å². The van der Waals surface area contributed by atoms with Crippen molar-refractivity contribution in [3.8, 4) is 0 Å². The van der Waals surface area contributed by atoms with Crippen LogP contribution in [0.5, 0.6) is 0 Å². The molecule has 4 nitrogen and oxygen atoms in total. The first-order chi connectivity index (χ1) is 7.93. The van der Waals surface area contributed by atoms with E-state index in [2.05, 4.69) is 19.9 Å². The minimum Gasteiger partial charge on any atom is -0.330 e. The first-order valence-electron chi connectivity index (χ1n) is 5.56. The number of fused-ring (bicyclic) bond motifs is 1. The van der Waals surface area contributed by atoms with E-state index in [0.717, 1.165) is 26.1 Å². The van der Waals surface area contributed by atoms with Crippen LogP contribution in [0.4, 0.5) is 0 Å². The Labute approximate surface area is 94.4 Å². The van der Waals surface area contributed by atoms with Gasteiger partial charge in [0, 0.05) is 44.1 Å². The number of imidazole rings is 1. The highest BCUT2D eigenvalue weighted by atomic mass is 15.1. The Morgan fingerprint density at radius 1 is 1.31 bits per heavy atom. The molecule has 3 heterocycles. The molecule has 2 aromatic heterocycles. The van der Waals surface area contributed by atoms with Gasteiger partial charge in [0.1, 0.15) is 0 Å². The summed E-state index contributed by atoms with van der Waals surface area (Å²) in [4.78, 5) is 8.46. The van der Waals surface area contributed by atoms with Crippen molar-refractivity contribution in [2.45, 2.75) is 19.5 Å². The van der Waals surface area contributed by atoms with E-state index in [1.807, 2.05) is 30.9 Å². The third-order valence-electron chi connectivity index (χ3n) is 2.97. The second-order valence-electron chi connectivity index (χ2n) is 4.05. The summed E-state index contributed by atoms with van der Waals surface area (Å²) in [6, 6.07) is 4.10. The van der Waals surface area contributed by atoms with Gasteiger partial charge in [-0.1, -0.05) is 0 Å². The predicted octanol–water partition coefficient (Wildman–Crippen LogP) is 0.972. The van der Waals surface area contributed by atoms with E-state index >= 15 is 0 Å². The quantitative estimate of drug-likeness (QED) is 0.810. The van der Waals surface area contributed by atoms with Gasteiger partial charge in [0.15, 0.2) is 0 Å². The highest BCUT2D eigenvalue weighted by molar-refractivity contribution is 5.19. The average molecular weight is 214 g/mol. The Balaban J connectivity index is 1.88. The lowest BCUT2D eigenvalue weighted by Crippen LogP contribution is -2.25. The molecule has 0 saturated heterocycles. The number of aromatic nitrogens is 3. The summed E-state index contributed by atoms with van der Waals surface area (Å²) < 4.78 is 2.24. The third-order valence-corrected chi connectivity index (χ3v) is 2.97. The number of pyridine rings is 1. The minimum absolute atomic E-state index is 0.894. The second-order valence-corrected chi connectivity index (χ2v) is 4.05. The van der Waals surface area contributed by atoms with Gasteiger partial charge >= 0.3 is 0 Å². The summed E-state index contributed by atoms with van der Waals surface area (Å²) in [6.07, 6.45) is 6.68. The lowest BCUT2D eigenvalue weighted by molar-refractivity contribution is 0.602. The van der Waals surface area contributed by atoms with Crippen LogP contribution in [0.25, 0.3) is 0 Å². The minimum atomic E-state index is 0.894. The summed E-state index contributed by atoms with van der Waals surface area (Å²) in [5, 5.41) is 3.33. The smallest absolute Gasteiger partial charge is 0.0955 e. The summed E-state index contributed by atoms with van der Waals surface area (Å²) >= 11 is 0. The van der Waals surface area contributed by atoms with E-state index in [0.29, 0.717) is 0 Å². The van der Waals surface area contributed by atoms with Gasteiger partial charge in [0.2, 0.25) is 0 Å². The van der Waals surface area contributed by atoms with E-state index < -0.39 is 0 Å². The van der Waals surface area contributed by atoms with E-state index in [1.165, 1.54) is 17.0 Å². The van der Waals surface area contributed by atoms with Crippen LogP contribution < -0.4 is 5.32 Å². The van der Waals surface area contributed by atoms with Crippen molar-refractivity contribution in [1.82, 2.24) is 19.9 Å². The molecule has 0 aliphatic carbocycles. The van der Waals surface area contributed by atoms with Crippen molar-refractivity contribution in [2.75, 3.05) is 6.54 Å². The van der Waals surface area contributed by atoms with Gasteiger partial charge < -0.3 is 9.88 Å². The van der Waals surface area contributed by atoms with E-state index in [1.54, 1.807) is 0 Å². The van der Waals surface area contributed by atoms with Gasteiger partial charge in [-0.3, -0.25) is 4.98 Å². The molecule has 4 heteroatoms. The number of rotatable bonds is 2. The zero-order valence-corrected chi connectivity index (χ0v) is 9.06. The maximum atomic E-state index is 4.44. The zero-order chi connectivity index (χ0) is 10.8. The number of hydrogen-bond acceptors (Lipinski definition) is 3. The molecule has 0 atom stereocenters. The summed E-state index contributed by atoms with van der Waals surface area (Å²) in [5.41, 5.74) is 3.84. The molecule has 0 radical (unpaired) electrons. The second kappa shape index (κ2) is 4.06. The van der Waals surface area contributed by atoms with Gasteiger partial charge in [-0.2, -0.15) is 0 Å². The Hall–Kier alpha value is -1.68. The fourth-order valence-electron chi connectivity index (χ4n) is 2.12. The van der Waals surface area contributed by atoms with Crippen molar-refractivity contribution in [1.29, 1.82) is 0 Å². The molecule has 0 fully saturated rings. The summed E-state index contributed by atoms with van der Waals surface area (Å²) in [7, 11) is 0. The molecular formula is C12H14N4. The van der Waals surface area contributed by atoms with Crippen molar-refractivity contribution in [2.24, 2.45) is 0 Å². The first kappa shape index (κ1) is 9.54. The molecular weight excluding hydrogens is 200 g/mol. The SMILES string of the molecule is c1cc(Cn2cnc3c2CCNC3)ccn1. The fourth-order valence-corrected chi connectivity index (χ4v) is 2.12. The van der Waals surface area contributed by atoms with E-state index in [-0.39, 0.29) is 0 Å². The predicted molar refractivity (Wildman–Crippen MR) is 61.0 cm³/mol. The van der Waals surface area contributed by atoms with Gasteiger partial charge in [-0.05, 0) is 17.7 Å². The largest absolute Gasteiger partial charge is 0.330 e. The monoisotopic (exact) mass is 214 g/mol. The third kappa shape index (κ3) is 1.72. The molecule has 1 aliphatic heterocycles. The molecule has 0 unspecified atom stereocenters. The standard InChI is InChI=1S/C12H14N4/c1-4-13-5-2-10(1)8-16-9-15-11-7-14-6-3-12(11)16/h1-2,4-5,9,14H,3,6-8H2. The molecule has 2 aromatic rings. The van der Waals surface area contributed by atoms with Crippen molar-refractivity contribution >= 4 is 0 Å². The van der Waals surface area contributed by atoms with Crippen LogP contribution in [0, 0.1) is 0 Å². The Bertz CT molecular complexity index is 475. The van der Waals surface area contributed by atoms with Crippen LogP contribution in [0.1, 0.15) is 17.0 Å². The molecule has 0 spiro atoms. The Morgan fingerprint density at radius 3 is 3.06 bits per heavy atom. The fraction of sp³-hybridized carbons (Fsp3) is 0.333. The molecule has 0 amide bonds. The van der Waals surface area contributed by atoms with Crippen LogP contribution in [0.3, 0.4) is 0 Å². The number of hydrogen-bond donors (Lipinski definition) is 1. The summed E-state index contributed by atoms with van der Waals surface area (Å²) in [5.74, 6) is 0. The molecule has 0 aromatic carbocycles. The zero-order valence-electron chi connectivity index (χ0n) is 9.06. The van der Waals surface area contributed by atoms with Gasteiger partial charge in [0.25, 0.3) is 0 Å². The molecule has 16 heavy (non-hydrogen) atoms. The lowest BCUT2D eigenvalue weighted by atomic mass is 10.1. The average Bonchev–Trinajstić information content (AvgIpc) is 2.74. The van der Waals surface area contributed by atoms with Crippen molar-refractivity contribution in [3.63, 3.8) is 0 Å². The Kier molecular flexibility index (Phi) is 2.42. The highest BCUT2D eigenvalue weighted by Gasteiger charge is 2.14. The van der Waals surface area contributed by atoms with E-state index in [4.69, 9.17) is 0 Å². The summed E-state index contributed by atoms with van der Waals surface area (Å²) in [6.45, 7) is 2.85. The van der Waals surface area contributed by atoms with Crippen LogP contribution in [-0.2, 0) is 19.5 Å². The topological polar surface area (TPSA) is 42.7 Å². The van der Waals surface area contributed by atoms with Gasteiger partial charge in [0.05, 0.1) is 12.0 Å². The molecule has 0 saturated carbocycles. The highest BCUT2D eigenvalue weighted by Crippen LogP contribution is 2.13. The lowest BCUT2D eigenvalue weighted by Gasteiger charge is -2.15. The normalized spacial score (nSPS) is 14.8. The van der Waals surface area contributed by atoms with Crippen LogP contribution in [0.15, 0.2) is 30.9 Å². The maximum absolute atomic E-state index is 4.44.